The fourth-order valence-corrected chi connectivity index (χ4v) is 2.48. The van der Waals surface area contributed by atoms with Gasteiger partial charge in [0.15, 0.2) is 0 Å². The summed E-state index contributed by atoms with van der Waals surface area (Å²) in [7, 11) is 1.93. The molecular formula is C17H13N5O. The number of fused-ring (bicyclic) bond motifs is 2. The van der Waals surface area contributed by atoms with Gasteiger partial charge in [0.25, 0.3) is 5.91 Å². The number of para-hydroxylation sites is 2. The Kier molecular flexibility index (Phi) is 3.01. The first-order valence-corrected chi connectivity index (χ1v) is 7.15. The Morgan fingerprint density at radius 2 is 1.87 bits per heavy atom. The lowest BCUT2D eigenvalue weighted by atomic mass is 10.2. The predicted octanol–water partition coefficient (Wildman–Crippen LogP) is 2.77. The summed E-state index contributed by atoms with van der Waals surface area (Å²) < 4.78 is 1.93. The van der Waals surface area contributed by atoms with E-state index in [1.807, 2.05) is 54.1 Å². The van der Waals surface area contributed by atoms with Gasteiger partial charge in [-0.25, -0.2) is 9.97 Å². The largest absolute Gasteiger partial charge is 0.334 e. The lowest BCUT2D eigenvalue weighted by molar-refractivity contribution is 0.102. The van der Waals surface area contributed by atoms with Gasteiger partial charge in [-0.1, -0.05) is 12.1 Å². The second-order valence-corrected chi connectivity index (χ2v) is 5.26. The van der Waals surface area contributed by atoms with Gasteiger partial charge >= 0.3 is 0 Å². The van der Waals surface area contributed by atoms with Gasteiger partial charge in [0.05, 0.1) is 34.6 Å². The monoisotopic (exact) mass is 303 g/mol. The minimum Gasteiger partial charge on any atom is -0.334 e. The third kappa shape index (κ3) is 2.40. The van der Waals surface area contributed by atoms with E-state index in [1.165, 1.54) is 6.20 Å². The van der Waals surface area contributed by atoms with E-state index in [9.17, 15) is 4.79 Å². The molecule has 0 aliphatic rings. The molecule has 2 aromatic heterocycles. The summed E-state index contributed by atoms with van der Waals surface area (Å²) in [5, 5.41) is 2.83. The zero-order valence-electron chi connectivity index (χ0n) is 12.4. The number of nitrogens with zero attached hydrogens (tertiary/aromatic N) is 4. The second-order valence-electron chi connectivity index (χ2n) is 5.26. The Bertz CT molecular complexity index is 1040. The molecular weight excluding hydrogens is 290 g/mol. The van der Waals surface area contributed by atoms with E-state index in [-0.39, 0.29) is 11.6 Å². The van der Waals surface area contributed by atoms with E-state index in [0.717, 1.165) is 16.6 Å². The number of imidazole rings is 1. The lowest BCUT2D eigenvalue weighted by Gasteiger charge is -2.05. The number of benzene rings is 2. The highest BCUT2D eigenvalue weighted by atomic mass is 16.1. The number of hydrogen-bond acceptors (Lipinski definition) is 4. The lowest BCUT2D eigenvalue weighted by Crippen LogP contribution is -2.14. The molecule has 1 N–H and O–H groups in total. The molecule has 6 nitrogen and oxygen atoms in total. The molecule has 0 saturated heterocycles. The summed E-state index contributed by atoms with van der Waals surface area (Å²) >= 11 is 0. The van der Waals surface area contributed by atoms with Crippen LogP contribution in [0, 0.1) is 0 Å². The van der Waals surface area contributed by atoms with Crippen molar-refractivity contribution in [3.8, 4) is 0 Å². The predicted molar refractivity (Wildman–Crippen MR) is 88.2 cm³/mol. The molecule has 1 amide bonds. The maximum atomic E-state index is 12.4. The number of amides is 1. The average Bonchev–Trinajstić information content (AvgIpc) is 2.95. The van der Waals surface area contributed by atoms with Crippen molar-refractivity contribution in [1.29, 1.82) is 0 Å². The first kappa shape index (κ1) is 13.4. The van der Waals surface area contributed by atoms with Crippen molar-refractivity contribution in [3.63, 3.8) is 0 Å². The number of aromatic nitrogens is 4. The number of nitrogens with one attached hydrogen (secondary N) is 1. The number of rotatable bonds is 2. The molecule has 4 rings (SSSR count). The molecule has 0 radical (unpaired) electrons. The van der Waals surface area contributed by atoms with Gasteiger partial charge in [0.1, 0.15) is 5.69 Å². The molecule has 6 heteroatoms. The van der Waals surface area contributed by atoms with E-state index in [4.69, 9.17) is 0 Å². The first-order chi connectivity index (χ1) is 11.2. The highest BCUT2D eigenvalue weighted by Gasteiger charge is 2.10. The zero-order valence-corrected chi connectivity index (χ0v) is 12.4. The highest BCUT2D eigenvalue weighted by Crippen LogP contribution is 2.18. The van der Waals surface area contributed by atoms with Crippen LogP contribution >= 0.6 is 0 Å². The molecule has 0 bridgehead atoms. The molecule has 0 aliphatic heterocycles. The Hall–Kier alpha value is -3.28. The fraction of sp³-hybridized carbons (Fsp3) is 0.0588. The minimum atomic E-state index is -0.293. The standard InChI is InChI=1S/C17H13N5O/c1-22-10-19-14-8-11(6-7-16(14)22)20-17(23)15-9-18-12-4-2-3-5-13(12)21-15/h2-10H,1H3,(H,20,23). The van der Waals surface area contributed by atoms with Crippen LogP contribution in [0.25, 0.3) is 22.1 Å². The Labute approximate surface area is 131 Å². The van der Waals surface area contributed by atoms with Crippen molar-refractivity contribution in [3.05, 3.63) is 60.7 Å². The molecule has 0 saturated carbocycles. The Morgan fingerprint density at radius 1 is 1.04 bits per heavy atom. The summed E-state index contributed by atoms with van der Waals surface area (Å²) in [6, 6.07) is 13.0. The van der Waals surface area contributed by atoms with Gasteiger partial charge in [-0.2, -0.15) is 0 Å². The summed E-state index contributed by atoms with van der Waals surface area (Å²) in [4.78, 5) is 25.2. The molecule has 2 aromatic carbocycles. The Morgan fingerprint density at radius 3 is 2.74 bits per heavy atom. The third-order valence-electron chi connectivity index (χ3n) is 3.66. The number of anilines is 1. The van der Waals surface area contributed by atoms with Gasteiger partial charge in [0, 0.05) is 12.7 Å². The SMILES string of the molecule is Cn1cnc2cc(NC(=O)c3cnc4ccccc4n3)ccc21. The topological polar surface area (TPSA) is 72.7 Å². The number of aryl methyl sites for hydroxylation is 1. The zero-order chi connectivity index (χ0) is 15.8. The van der Waals surface area contributed by atoms with Crippen LogP contribution in [0.2, 0.25) is 0 Å². The van der Waals surface area contributed by atoms with Crippen molar-refractivity contribution >= 4 is 33.7 Å². The molecule has 0 aliphatic carbocycles. The van der Waals surface area contributed by atoms with Crippen LogP contribution in [0.4, 0.5) is 5.69 Å². The van der Waals surface area contributed by atoms with Crippen LogP contribution in [0.1, 0.15) is 10.5 Å². The van der Waals surface area contributed by atoms with Crippen LogP contribution in [-0.2, 0) is 7.05 Å². The van der Waals surface area contributed by atoms with Gasteiger partial charge in [-0.05, 0) is 30.3 Å². The molecule has 0 spiro atoms. The number of carbonyl (C=O) groups is 1. The number of carbonyl (C=O) groups excluding carboxylic acids is 1. The normalized spacial score (nSPS) is 11.0. The smallest absolute Gasteiger partial charge is 0.275 e. The number of hydrogen-bond donors (Lipinski definition) is 1. The van der Waals surface area contributed by atoms with E-state index in [1.54, 1.807) is 6.33 Å². The van der Waals surface area contributed by atoms with Crippen LogP contribution in [0.15, 0.2) is 55.0 Å². The summed E-state index contributed by atoms with van der Waals surface area (Å²) in [6.07, 6.45) is 3.22. The van der Waals surface area contributed by atoms with E-state index >= 15 is 0 Å². The molecule has 4 aromatic rings. The van der Waals surface area contributed by atoms with Crippen molar-refractivity contribution < 1.29 is 4.79 Å². The van der Waals surface area contributed by atoms with Crippen molar-refractivity contribution in [2.45, 2.75) is 0 Å². The van der Waals surface area contributed by atoms with Crippen molar-refractivity contribution in [1.82, 2.24) is 19.5 Å². The summed E-state index contributed by atoms with van der Waals surface area (Å²) in [5.41, 5.74) is 4.25. The molecule has 0 atom stereocenters. The molecule has 0 unspecified atom stereocenters. The van der Waals surface area contributed by atoms with Crippen molar-refractivity contribution in [2.75, 3.05) is 5.32 Å². The maximum Gasteiger partial charge on any atom is 0.275 e. The average molecular weight is 303 g/mol. The fourth-order valence-electron chi connectivity index (χ4n) is 2.48. The molecule has 23 heavy (non-hydrogen) atoms. The van der Waals surface area contributed by atoms with E-state index < -0.39 is 0 Å². The summed E-state index contributed by atoms with van der Waals surface area (Å²) in [5.74, 6) is -0.293. The van der Waals surface area contributed by atoms with E-state index in [2.05, 4.69) is 20.3 Å². The first-order valence-electron chi connectivity index (χ1n) is 7.15. The second kappa shape index (κ2) is 5.17. The molecule has 2 heterocycles. The Balaban J connectivity index is 1.64. The van der Waals surface area contributed by atoms with Gasteiger partial charge in [-0.15, -0.1) is 0 Å². The van der Waals surface area contributed by atoms with Crippen LogP contribution in [0.3, 0.4) is 0 Å². The van der Waals surface area contributed by atoms with Gasteiger partial charge in [-0.3, -0.25) is 9.78 Å². The van der Waals surface area contributed by atoms with Gasteiger partial charge < -0.3 is 9.88 Å². The highest BCUT2D eigenvalue weighted by molar-refractivity contribution is 6.04. The van der Waals surface area contributed by atoms with E-state index in [0.29, 0.717) is 11.2 Å². The van der Waals surface area contributed by atoms with Gasteiger partial charge in [0.2, 0.25) is 0 Å². The molecule has 0 fully saturated rings. The van der Waals surface area contributed by atoms with Crippen molar-refractivity contribution in [2.24, 2.45) is 7.05 Å². The van der Waals surface area contributed by atoms with Crippen LogP contribution in [-0.4, -0.2) is 25.4 Å². The quantitative estimate of drug-likeness (QED) is 0.618. The summed E-state index contributed by atoms with van der Waals surface area (Å²) in [6.45, 7) is 0. The van der Waals surface area contributed by atoms with Crippen LogP contribution in [0.5, 0.6) is 0 Å². The minimum absolute atomic E-state index is 0.282. The van der Waals surface area contributed by atoms with Crippen LogP contribution < -0.4 is 5.32 Å². The third-order valence-corrected chi connectivity index (χ3v) is 3.66. The maximum absolute atomic E-state index is 12.4. The molecule has 112 valence electrons.